The second kappa shape index (κ2) is 4.97. The lowest BCUT2D eigenvalue weighted by molar-refractivity contribution is 0.0835. The average molecular weight is 272 g/mol. The predicted octanol–water partition coefficient (Wildman–Crippen LogP) is 3.71. The molecule has 1 N–H and O–H groups in total. The van der Waals surface area contributed by atoms with Gasteiger partial charge in [-0.2, -0.15) is 0 Å². The van der Waals surface area contributed by atoms with E-state index in [4.69, 9.17) is 23.2 Å². The molecule has 0 aliphatic carbocycles. The summed E-state index contributed by atoms with van der Waals surface area (Å²) in [6.45, 7) is 2.81. The molecule has 1 saturated heterocycles. The summed E-state index contributed by atoms with van der Waals surface area (Å²) in [5.41, 5.74) is 0.00288. The first-order chi connectivity index (χ1) is 8.04. The number of piperidine rings is 1. The van der Waals surface area contributed by atoms with Crippen LogP contribution in [0.25, 0.3) is 0 Å². The molecule has 1 fully saturated rings. The van der Waals surface area contributed by atoms with Crippen LogP contribution in [0.15, 0.2) is 18.2 Å². The number of hydrogen-bond donors (Lipinski definition) is 1. The number of benzene rings is 1. The van der Waals surface area contributed by atoms with E-state index in [-0.39, 0.29) is 5.78 Å². The van der Waals surface area contributed by atoms with Gasteiger partial charge in [0.2, 0.25) is 0 Å². The molecule has 1 aromatic rings. The minimum Gasteiger partial charge on any atom is -0.305 e. The van der Waals surface area contributed by atoms with Gasteiger partial charge >= 0.3 is 0 Å². The highest BCUT2D eigenvalue weighted by Gasteiger charge is 2.35. The van der Waals surface area contributed by atoms with Gasteiger partial charge in [0.05, 0.1) is 15.6 Å². The van der Waals surface area contributed by atoms with Gasteiger partial charge in [-0.25, -0.2) is 0 Å². The van der Waals surface area contributed by atoms with Crippen LogP contribution in [0.1, 0.15) is 36.5 Å². The number of nitrogens with one attached hydrogen (secondary N) is 1. The lowest BCUT2D eigenvalue weighted by atomic mass is 9.84. The van der Waals surface area contributed by atoms with E-state index in [0.29, 0.717) is 15.6 Å². The molecule has 1 unspecified atom stereocenters. The zero-order valence-electron chi connectivity index (χ0n) is 9.72. The standard InChI is InChI=1S/C13H15Cl2NO/c1-13(7-2-3-8-16-13)12(17)9-5-4-6-10(14)11(9)15/h4-6,16H,2-3,7-8H2,1H3. The van der Waals surface area contributed by atoms with Crippen LogP contribution in [-0.2, 0) is 0 Å². The van der Waals surface area contributed by atoms with Crippen LogP contribution >= 0.6 is 23.2 Å². The van der Waals surface area contributed by atoms with Crippen molar-refractivity contribution in [1.29, 1.82) is 0 Å². The number of carbonyl (C=O) groups excluding carboxylic acids is 1. The van der Waals surface area contributed by atoms with Gasteiger partial charge in [-0.15, -0.1) is 0 Å². The van der Waals surface area contributed by atoms with E-state index in [1.165, 1.54) is 0 Å². The average Bonchev–Trinajstić information content (AvgIpc) is 2.33. The number of Topliss-reactive ketones (excluding diaryl/α,β-unsaturated/α-hetero) is 1. The normalized spacial score (nSPS) is 24.6. The molecule has 1 aromatic carbocycles. The molecule has 0 bridgehead atoms. The van der Waals surface area contributed by atoms with Crippen molar-refractivity contribution in [2.45, 2.75) is 31.7 Å². The Hall–Kier alpha value is -0.570. The van der Waals surface area contributed by atoms with Gasteiger partial charge in [0.15, 0.2) is 5.78 Å². The lowest BCUT2D eigenvalue weighted by Crippen LogP contribution is -2.52. The van der Waals surface area contributed by atoms with Crippen molar-refractivity contribution in [3.63, 3.8) is 0 Å². The SMILES string of the molecule is CC1(C(=O)c2cccc(Cl)c2Cl)CCCCN1. The van der Waals surface area contributed by atoms with E-state index in [2.05, 4.69) is 5.32 Å². The molecule has 2 nitrogen and oxygen atoms in total. The molecule has 1 atom stereocenters. The summed E-state index contributed by atoms with van der Waals surface area (Å²) < 4.78 is 0. The number of hydrogen-bond acceptors (Lipinski definition) is 2. The molecule has 4 heteroatoms. The highest BCUT2D eigenvalue weighted by molar-refractivity contribution is 6.44. The van der Waals surface area contributed by atoms with E-state index in [9.17, 15) is 4.79 Å². The molecule has 1 heterocycles. The number of carbonyl (C=O) groups is 1. The summed E-state index contributed by atoms with van der Waals surface area (Å²) in [5.74, 6) is 0.0321. The first kappa shape index (κ1) is 12.9. The Morgan fingerprint density at radius 2 is 2.12 bits per heavy atom. The topological polar surface area (TPSA) is 29.1 Å². The lowest BCUT2D eigenvalue weighted by Gasteiger charge is -2.33. The summed E-state index contributed by atoms with van der Waals surface area (Å²) in [4.78, 5) is 12.5. The molecule has 0 spiro atoms. The summed E-state index contributed by atoms with van der Waals surface area (Å²) >= 11 is 12.0. The fourth-order valence-corrected chi connectivity index (χ4v) is 2.61. The van der Waals surface area contributed by atoms with E-state index in [0.717, 1.165) is 25.8 Å². The van der Waals surface area contributed by atoms with E-state index in [1.54, 1.807) is 18.2 Å². The molecule has 17 heavy (non-hydrogen) atoms. The van der Waals surface area contributed by atoms with Crippen molar-refractivity contribution in [2.75, 3.05) is 6.54 Å². The zero-order valence-corrected chi connectivity index (χ0v) is 11.2. The first-order valence-electron chi connectivity index (χ1n) is 5.78. The molecule has 0 aromatic heterocycles. The van der Waals surface area contributed by atoms with Gasteiger partial charge in [0.1, 0.15) is 0 Å². The van der Waals surface area contributed by atoms with Crippen molar-refractivity contribution >= 4 is 29.0 Å². The Balaban J connectivity index is 2.33. The van der Waals surface area contributed by atoms with Crippen molar-refractivity contribution in [1.82, 2.24) is 5.32 Å². The third-order valence-corrected chi connectivity index (χ3v) is 4.13. The number of ketones is 1. The maximum absolute atomic E-state index is 12.5. The molecule has 1 aliphatic rings. The Labute approximate surface area is 111 Å². The van der Waals surface area contributed by atoms with Crippen molar-refractivity contribution in [3.8, 4) is 0 Å². The second-order valence-corrected chi connectivity index (χ2v) is 5.43. The molecular formula is C13H15Cl2NO. The second-order valence-electron chi connectivity index (χ2n) is 4.65. The van der Waals surface area contributed by atoms with E-state index < -0.39 is 5.54 Å². The van der Waals surface area contributed by atoms with Crippen LogP contribution in [0.3, 0.4) is 0 Å². The zero-order chi connectivity index (χ0) is 12.5. The van der Waals surface area contributed by atoms with Gasteiger partial charge < -0.3 is 5.32 Å². The Morgan fingerprint density at radius 1 is 1.35 bits per heavy atom. The van der Waals surface area contributed by atoms with Gasteiger partial charge in [0, 0.05) is 5.56 Å². The van der Waals surface area contributed by atoms with Crippen LogP contribution in [0.2, 0.25) is 10.0 Å². The fraction of sp³-hybridized carbons (Fsp3) is 0.462. The third-order valence-electron chi connectivity index (χ3n) is 3.32. The minimum absolute atomic E-state index is 0.0321. The van der Waals surface area contributed by atoms with Gasteiger partial charge in [-0.05, 0) is 44.9 Å². The maximum atomic E-state index is 12.5. The molecule has 0 radical (unpaired) electrons. The van der Waals surface area contributed by atoms with Gasteiger partial charge in [-0.3, -0.25) is 4.79 Å². The van der Waals surface area contributed by atoms with Crippen LogP contribution < -0.4 is 5.32 Å². The summed E-state index contributed by atoms with van der Waals surface area (Å²) in [6, 6.07) is 5.18. The Bertz CT molecular complexity index is 439. The third kappa shape index (κ3) is 2.49. The van der Waals surface area contributed by atoms with Crippen molar-refractivity contribution in [3.05, 3.63) is 33.8 Å². The molecule has 92 valence electrons. The summed E-state index contributed by atoms with van der Waals surface area (Å²) in [6.07, 6.45) is 3.02. The molecular weight excluding hydrogens is 257 g/mol. The van der Waals surface area contributed by atoms with Crippen molar-refractivity contribution in [2.24, 2.45) is 0 Å². The molecule has 1 aliphatic heterocycles. The fourth-order valence-electron chi connectivity index (χ4n) is 2.23. The first-order valence-corrected chi connectivity index (χ1v) is 6.54. The summed E-state index contributed by atoms with van der Waals surface area (Å²) in [5, 5.41) is 4.07. The number of halogens is 2. The Kier molecular flexibility index (Phi) is 3.76. The van der Waals surface area contributed by atoms with Crippen LogP contribution in [0.5, 0.6) is 0 Å². The molecule has 2 rings (SSSR count). The molecule has 0 amide bonds. The summed E-state index contributed by atoms with van der Waals surface area (Å²) in [7, 11) is 0. The Morgan fingerprint density at radius 3 is 2.76 bits per heavy atom. The van der Waals surface area contributed by atoms with Gasteiger partial charge in [0.25, 0.3) is 0 Å². The highest BCUT2D eigenvalue weighted by Crippen LogP contribution is 2.30. The number of rotatable bonds is 2. The molecule has 0 saturated carbocycles. The smallest absolute Gasteiger partial charge is 0.184 e. The predicted molar refractivity (Wildman–Crippen MR) is 71.1 cm³/mol. The highest BCUT2D eigenvalue weighted by atomic mass is 35.5. The van der Waals surface area contributed by atoms with Crippen LogP contribution in [0.4, 0.5) is 0 Å². The minimum atomic E-state index is -0.507. The van der Waals surface area contributed by atoms with Crippen molar-refractivity contribution < 1.29 is 4.79 Å². The largest absolute Gasteiger partial charge is 0.305 e. The van der Waals surface area contributed by atoms with Crippen LogP contribution in [-0.4, -0.2) is 17.9 Å². The quantitative estimate of drug-likeness (QED) is 0.831. The van der Waals surface area contributed by atoms with Gasteiger partial charge in [-0.1, -0.05) is 29.3 Å². The van der Waals surface area contributed by atoms with Crippen LogP contribution in [0, 0.1) is 0 Å². The van der Waals surface area contributed by atoms with E-state index in [1.807, 2.05) is 6.92 Å². The maximum Gasteiger partial charge on any atom is 0.184 e. The van der Waals surface area contributed by atoms with E-state index >= 15 is 0 Å². The monoisotopic (exact) mass is 271 g/mol.